The van der Waals surface area contributed by atoms with Crippen molar-refractivity contribution in [3.05, 3.63) is 60.9 Å². The molecule has 160 valence electrons. The Morgan fingerprint density at radius 3 is 2.74 bits per heavy atom. The summed E-state index contributed by atoms with van der Waals surface area (Å²) in [4.78, 5) is 25.1. The van der Waals surface area contributed by atoms with E-state index < -0.39 is 0 Å². The molecular weight excluding hydrogens is 408 g/mol. The van der Waals surface area contributed by atoms with Crippen LogP contribution in [0.4, 0.5) is 11.5 Å². The SMILES string of the molecule is COc1ccc(-c2cc(N3CCCC(C(=O)Nc4ccccc4SC)C3)ncn2)cc1. The van der Waals surface area contributed by atoms with Crippen molar-refractivity contribution in [2.45, 2.75) is 17.7 Å². The third-order valence-electron chi connectivity index (χ3n) is 5.52. The molecule has 31 heavy (non-hydrogen) atoms. The lowest BCUT2D eigenvalue weighted by atomic mass is 9.97. The lowest BCUT2D eigenvalue weighted by Gasteiger charge is -2.33. The number of methoxy groups -OCH3 is 1. The normalized spacial score (nSPS) is 16.1. The Balaban J connectivity index is 1.47. The molecule has 6 nitrogen and oxygen atoms in total. The quantitative estimate of drug-likeness (QED) is 0.566. The zero-order chi connectivity index (χ0) is 21.6. The number of thioether (sulfide) groups is 1. The molecule has 1 N–H and O–H groups in total. The third kappa shape index (κ3) is 4.99. The van der Waals surface area contributed by atoms with Crippen molar-refractivity contribution < 1.29 is 9.53 Å². The topological polar surface area (TPSA) is 67.3 Å². The molecule has 0 bridgehead atoms. The number of piperidine rings is 1. The highest BCUT2D eigenvalue weighted by atomic mass is 32.2. The average Bonchev–Trinajstić information content (AvgIpc) is 2.84. The number of ether oxygens (including phenoxy) is 1. The van der Waals surface area contributed by atoms with Crippen molar-refractivity contribution in [3.63, 3.8) is 0 Å². The van der Waals surface area contributed by atoms with Crippen LogP contribution in [0.25, 0.3) is 11.3 Å². The Morgan fingerprint density at radius 2 is 1.97 bits per heavy atom. The van der Waals surface area contributed by atoms with Gasteiger partial charge in [0, 0.05) is 29.6 Å². The summed E-state index contributed by atoms with van der Waals surface area (Å²) < 4.78 is 5.24. The van der Waals surface area contributed by atoms with E-state index >= 15 is 0 Å². The highest BCUT2D eigenvalue weighted by Gasteiger charge is 2.27. The summed E-state index contributed by atoms with van der Waals surface area (Å²) in [5.41, 5.74) is 2.73. The minimum atomic E-state index is -0.0805. The molecule has 1 amide bonds. The van der Waals surface area contributed by atoms with Crippen LogP contribution in [0.15, 0.2) is 65.8 Å². The molecule has 3 aromatic rings. The number of nitrogens with one attached hydrogen (secondary N) is 1. The third-order valence-corrected chi connectivity index (χ3v) is 6.32. The van der Waals surface area contributed by atoms with Gasteiger partial charge in [-0.3, -0.25) is 4.79 Å². The summed E-state index contributed by atoms with van der Waals surface area (Å²) in [6, 6.07) is 17.7. The Morgan fingerprint density at radius 1 is 1.16 bits per heavy atom. The summed E-state index contributed by atoms with van der Waals surface area (Å²) >= 11 is 1.63. The number of amides is 1. The monoisotopic (exact) mass is 434 g/mol. The van der Waals surface area contributed by atoms with Gasteiger partial charge in [0.05, 0.1) is 24.4 Å². The maximum absolute atomic E-state index is 13.0. The lowest BCUT2D eigenvalue weighted by molar-refractivity contribution is -0.120. The first-order valence-corrected chi connectivity index (χ1v) is 11.6. The fourth-order valence-corrected chi connectivity index (χ4v) is 4.38. The molecule has 0 saturated carbocycles. The van der Waals surface area contributed by atoms with Gasteiger partial charge in [-0.1, -0.05) is 12.1 Å². The Kier molecular flexibility index (Phi) is 6.72. The second-order valence-corrected chi connectivity index (χ2v) is 8.31. The minimum absolute atomic E-state index is 0.0654. The zero-order valence-corrected chi connectivity index (χ0v) is 18.6. The van der Waals surface area contributed by atoms with E-state index in [0.717, 1.165) is 52.8 Å². The number of benzene rings is 2. The van der Waals surface area contributed by atoms with E-state index in [1.165, 1.54) is 0 Å². The number of nitrogens with zero attached hydrogens (tertiary/aromatic N) is 3. The molecule has 1 aromatic heterocycles. The van der Waals surface area contributed by atoms with E-state index in [2.05, 4.69) is 20.2 Å². The van der Waals surface area contributed by atoms with Gasteiger partial charge in [0.1, 0.15) is 17.9 Å². The maximum Gasteiger partial charge on any atom is 0.229 e. The summed E-state index contributed by atoms with van der Waals surface area (Å²) in [6.07, 6.45) is 5.43. The van der Waals surface area contributed by atoms with E-state index in [-0.39, 0.29) is 11.8 Å². The van der Waals surface area contributed by atoms with Crippen LogP contribution in [0.1, 0.15) is 12.8 Å². The molecule has 1 fully saturated rings. The van der Waals surface area contributed by atoms with E-state index in [4.69, 9.17) is 4.74 Å². The van der Waals surface area contributed by atoms with Crippen molar-refractivity contribution in [2.75, 3.05) is 36.7 Å². The standard InChI is InChI=1S/C24H26N4O2S/c1-30-19-11-9-17(10-12-19)21-14-23(26-16-25-21)28-13-5-6-18(15-28)24(29)27-20-7-3-4-8-22(20)31-2/h3-4,7-12,14,16,18H,5-6,13,15H2,1-2H3,(H,27,29). The highest BCUT2D eigenvalue weighted by molar-refractivity contribution is 7.98. The average molecular weight is 435 g/mol. The predicted octanol–water partition coefficient (Wildman–Crippen LogP) is 4.73. The minimum Gasteiger partial charge on any atom is -0.497 e. The maximum atomic E-state index is 13.0. The van der Waals surface area contributed by atoms with Crippen LogP contribution in [0.5, 0.6) is 5.75 Å². The molecular formula is C24H26N4O2S. The van der Waals surface area contributed by atoms with Gasteiger partial charge in [-0.15, -0.1) is 11.8 Å². The molecule has 7 heteroatoms. The number of hydrogen-bond donors (Lipinski definition) is 1. The molecule has 2 aromatic carbocycles. The number of carbonyl (C=O) groups excluding carboxylic acids is 1. The molecule has 1 atom stereocenters. The predicted molar refractivity (Wildman–Crippen MR) is 126 cm³/mol. The van der Waals surface area contributed by atoms with Gasteiger partial charge in [-0.2, -0.15) is 0 Å². The fourth-order valence-electron chi connectivity index (χ4n) is 3.82. The van der Waals surface area contributed by atoms with Crippen LogP contribution in [0.2, 0.25) is 0 Å². The number of carbonyl (C=O) groups is 1. The summed E-state index contributed by atoms with van der Waals surface area (Å²) in [6.45, 7) is 1.52. The molecule has 0 aliphatic carbocycles. The zero-order valence-electron chi connectivity index (χ0n) is 17.7. The number of anilines is 2. The fraction of sp³-hybridized carbons (Fsp3) is 0.292. The number of hydrogen-bond acceptors (Lipinski definition) is 6. The van der Waals surface area contributed by atoms with Crippen LogP contribution < -0.4 is 15.0 Å². The van der Waals surface area contributed by atoms with Gasteiger partial charge in [0.15, 0.2) is 0 Å². The van der Waals surface area contributed by atoms with Crippen molar-refractivity contribution in [1.29, 1.82) is 0 Å². The van der Waals surface area contributed by atoms with Crippen molar-refractivity contribution in [1.82, 2.24) is 9.97 Å². The number of para-hydroxylation sites is 1. The second kappa shape index (κ2) is 9.83. The summed E-state index contributed by atoms with van der Waals surface area (Å²) in [5, 5.41) is 3.12. The first-order valence-electron chi connectivity index (χ1n) is 10.3. The molecule has 1 unspecified atom stereocenters. The molecule has 0 radical (unpaired) electrons. The van der Waals surface area contributed by atoms with Crippen molar-refractivity contribution >= 4 is 29.2 Å². The van der Waals surface area contributed by atoms with Gasteiger partial charge in [-0.25, -0.2) is 9.97 Å². The van der Waals surface area contributed by atoms with E-state index in [1.807, 2.05) is 60.9 Å². The van der Waals surface area contributed by atoms with Crippen LogP contribution in [-0.4, -0.2) is 42.3 Å². The van der Waals surface area contributed by atoms with Gasteiger partial charge in [0.2, 0.25) is 5.91 Å². The van der Waals surface area contributed by atoms with Gasteiger partial charge >= 0.3 is 0 Å². The molecule has 1 saturated heterocycles. The van der Waals surface area contributed by atoms with Crippen LogP contribution in [0, 0.1) is 5.92 Å². The first-order chi connectivity index (χ1) is 15.2. The van der Waals surface area contributed by atoms with E-state index in [9.17, 15) is 4.79 Å². The summed E-state index contributed by atoms with van der Waals surface area (Å²) in [5.74, 6) is 1.65. The van der Waals surface area contributed by atoms with Crippen LogP contribution >= 0.6 is 11.8 Å². The Labute approximate surface area is 187 Å². The Hall–Kier alpha value is -3.06. The molecule has 4 rings (SSSR count). The Bertz CT molecular complexity index is 1040. The van der Waals surface area contributed by atoms with Gasteiger partial charge < -0.3 is 15.0 Å². The van der Waals surface area contributed by atoms with Crippen LogP contribution in [-0.2, 0) is 4.79 Å². The second-order valence-electron chi connectivity index (χ2n) is 7.46. The van der Waals surface area contributed by atoms with Crippen molar-refractivity contribution in [2.24, 2.45) is 5.92 Å². The molecule has 1 aliphatic rings. The molecule has 1 aliphatic heterocycles. The van der Waals surface area contributed by atoms with E-state index in [1.54, 1.807) is 25.2 Å². The number of aromatic nitrogens is 2. The molecule has 2 heterocycles. The summed E-state index contributed by atoms with van der Waals surface area (Å²) in [7, 11) is 1.65. The first kappa shape index (κ1) is 21.2. The largest absolute Gasteiger partial charge is 0.497 e. The van der Waals surface area contributed by atoms with Gasteiger partial charge in [-0.05, 0) is 55.5 Å². The van der Waals surface area contributed by atoms with Gasteiger partial charge in [0.25, 0.3) is 0 Å². The highest BCUT2D eigenvalue weighted by Crippen LogP contribution is 2.28. The molecule has 0 spiro atoms. The van der Waals surface area contributed by atoms with Crippen molar-refractivity contribution in [3.8, 4) is 17.0 Å². The lowest BCUT2D eigenvalue weighted by Crippen LogP contribution is -2.41. The smallest absolute Gasteiger partial charge is 0.229 e. The van der Waals surface area contributed by atoms with E-state index in [0.29, 0.717) is 6.54 Å². The number of rotatable bonds is 6. The van der Waals surface area contributed by atoms with Crippen LogP contribution in [0.3, 0.4) is 0 Å².